The Balaban J connectivity index is 1.64. The number of thioether (sulfide) groups is 1. The van der Waals surface area contributed by atoms with E-state index in [1.807, 2.05) is 61.5 Å². The molecule has 6 atom stereocenters. The number of carboxylic acids is 1. The summed E-state index contributed by atoms with van der Waals surface area (Å²) < 4.78 is 0. The van der Waals surface area contributed by atoms with Gasteiger partial charge in [-0.15, -0.1) is 11.8 Å². The molecule has 3 rings (SSSR count). The van der Waals surface area contributed by atoms with Crippen molar-refractivity contribution < 1.29 is 29.4 Å². The number of amides is 2. The molecular formula is C28H35N3O6S. The van der Waals surface area contributed by atoms with Gasteiger partial charge < -0.3 is 20.8 Å². The molecule has 1 fully saturated rings. The van der Waals surface area contributed by atoms with E-state index < -0.39 is 53.1 Å². The molecule has 204 valence electrons. The fourth-order valence-electron chi connectivity index (χ4n) is 4.12. The maximum absolute atomic E-state index is 13.3. The molecular weight excluding hydrogens is 506 g/mol. The van der Waals surface area contributed by atoms with Crippen LogP contribution in [-0.4, -0.2) is 63.1 Å². The minimum Gasteiger partial charge on any atom is -0.481 e. The van der Waals surface area contributed by atoms with E-state index in [4.69, 9.17) is 0 Å². The Morgan fingerprint density at radius 3 is 2.34 bits per heavy atom. The lowest BCUT2D eigenvalue weighted by molar-refractivity contribution is -0.146. The molecule has 0 aromatic heterocycles. The first-order valence-electron chi connectivity index (χ1n) is 12.6. The van der Waals surface area contributed by atoms with E-state index in [1.165, 1.54) is 25.6 Å². The van der Waals surface area contributed by atoms with Crippen molar-refractivity contribution in [2.75, 3.05) is 5.75 Å². The summed E-state index contributed by atoms with van der Waals surface area (Å²) in [6.07, 6.45) is -1.39. The molecule has 0 bridgehead atoms. The second kappa shape index (κ2) is 13.5. The molecule has 9 nitrogen and oxygen atoms in total. The molecule has 3 unspecified atom stereocenters. The van der Waals surface area contributed by atoms with Crippen molar-refractivity contribution in [3.63, 3.8) is 0 Å². The highest BCUT2D eigenvalue weighted by atomic mass is 32.2. The molecule has 10 heteroatoms. The minimum absolute atomic E-state index is 0.172. The molecule has 1 aliphatic rings. The van der Waals surface area contributed by atoms with Gasteiger partial charge in [-0.25, -0.2) is 0 Å². The van der Waals surface area contributed by atoms with Crippen LogP contribution >= 0.6 is 11.8 Å². The standard InChI is InChI=1S/C28H35N3O6S/c1-16-9-7-8-12-20(16)14-29-26(35)22-15-38-27(31-22)24(33)23(32)21(13-19-10-5-4-6-11-19)30-25(34)17(2)18(3)28(36)37/h4-12,17-18,21-23,27,31-32H,13-15H2,1-3H3,(H,29,35)(H,30,34)(H,36,37)/t17?,18?,21-,22-,23-,27?/m0/s1. The van der Waals surface area contributed by atoms with Crippen molar-refractivity contribution in [2.24, 2.45) is 11.8 Å². The van der Waals surface area contributed by atoms with Gasteiger partial charge in [0.15, 0.2) is 5.78 Å². The first-order chi connectivity index (χ1) is 18.1. The number of hydrogen-bond donors (Lipinski definition) is 5. The summed E-state index contributed by atoms with van der Waals surface area (Å²) in [6.45, 7) is 5.27. The Bertz CT molecular complexity index is 1140. The third-order valence-corrected chi connectivity index (χ3v) is 8.15. The van der Waals surface area contributed by atoms with Crippen LogP contribution in [0.15, 0.2) is 54.6 Å². The van der Waals surface area contributed by atoms with Gasteiger partial charge in [0.1, 0.15) is 11.5 Å². The fraction of sp³-hybridized carbons (Fsp3) is 0.429. The second-order valence-corrected chi connectivity index (χ2v) is 10.8. The molecule has 1 heterocycles. The van der Waals surface area contributed by atoms with Crippen LogP contribution in [-0.2, 0) is 32.1 Å². The Kier molecular flexibility index (Phi) is 10.5. The zero-order chi connectivity index (χ0) is 27.8. The summed E-state index contributed by atoms with van der Waals surface area (Å²) in [6, 6.07) is 15.2. The van der Waals surface area contributed by atoms with E-state index in [-0.39, 0.29) is 12.3 Å². The highest BCUT2D eigenvalue weighted by Crippen LogP contribution is 2.23. The summed E-state index contributed by atoms with van der Waals surface area (Å²) in [4.78, 5) is 50.1. The number of carboxylic acid groups (broad SMARTS) is 1. The van der Waals surface area contributed by atoms with E-state index in [2.05, 4.69) is 16.0 Å². The molecule has 0 aliphatic carbocycles. The van der Waals surface area contributed by atoms with Crippen LogP contribution in [0.25, 0.3) is 0 Å². The van der Waals surface area contributed by atoms with Crippen LogP contribution in [0, 0.1) is 18.8 Å². The molecule has 0 saturated carbocycles. The number of carbonyl (C=O) groups excluding carboxylic acids is 3. The highest BCUT2D eigenvalue weighted by molar-refractivity contribution is 8.00. The number of ketones is 1. The monoisotopic (exact) mass is 541 g/mol. The van der Waals surface area contributed by atoms with Gasteiger partial charge in [0.05, 0.1) is 18.0 Å². The zero-order valence-electron chi connectivity index (χ0n) is 21.7. The van der Waals surface area contributed by atoms with E-state index >= 15 is 0 Å². The Morgan fingerprint density at radius 2 is 1.68 bits per heavy atom. The van der Waals surface area contributed by atoms with Crippen LogP contribution in [0.1, 0.15) is 30.5 Å². The van der Waals surface area contributed by atoms with Crippen LogP contribution in [0.2, 0.25) is 0 Å². The molecule has 2 amide bonds. The van der Waals surface area contributed by atoms with Crippen molar-refractivity contribution in [2.45, 2.75) is 57.3 Å². The van der Waals surface area contributed by atoms with Gasteiger partial charge in [-0.05, 0) is 30.0 Å². The molecule has 1 saturated heterocycles. The van der Waals surface area contributed by atoms with Crippen molar-refractivity contribution in [1.82, 2.24) is 16.0 Å². The van der Waals surface area contributed by atoms with Gasteiger partial charge in [-0.2, -0.15) is 0 Å². The van der Waals surface area contributed by atoms with Gasteiger partial charge in [-0.3, -0.25) is 24.5 Å². The summed E-state index contributed by atoms with van der Waals surface area (Å²) >= 11 is 1.23. The number of aliphatic hydroxyl groups excluding tert-OH is 1. The number of hydrogen-bond acceptors (Lipinski definition) is 7. The first kappa shape index (κ1) is 29.3. The minimum atomic E-state index is -1.56. The SMILES string of the molecule is Cc1ccccc1CNC(=O)[C@@H]1CSC(C(=O)[C@@H](O)[C@H](Cc2ccccc2)NC(=O)C(C)C(C)C(=O)O)N1. The zero-order valence-corrected chi connectivity index (χ0v) is 22.5. The average Bonchev–Trinajstić information content (AvgIpc) is 3.41. The molecule has 2 aromatic rings. The summed E-state index contributed by atoms with van der Waals surface area (Å²) in [5.41, 5.74) is 2.86. The normalized spacial score (nSPS) is 20.1. The van der Waals surface area contributed by atoms with Crippen molar-refractivity contribution in [1.29, 1.82) is 0 Å². The number of aryl methyl sites for hydroxylation is 1. The van der Waals surface area contributed by atoms with Gasteiger partial charge in [0.2, 0.25) is 11.8 Å². The van der Waals surface area contributed by atoms with Crippen molar-refractivity contribution in [3.8, 4) is 0 Å². The number of benzene rings is 2. The molecule has 0 spiro atoms. The number of aliphatic carboxylic acids is 1. The first-order valence-corrected chi connectivity index (χ1v) is 13.6. The summed E-state index contributed by atoms with van der Waals surface area (Å²) in [5, 5.41) is 28.1. The molecule has 2 aromatic carbocycles. The number of Topliss-reactive ketones (excluding diaryl/α,β-unsaturated/α-hetero) is 1. The highest BCUT2D eigenvalue weighted by Gasteiger charge is 2.40. The Morgan fingerprint density at radius 1 is 1.03 bits per heavy atom. The predicted molar refractivity (Wildman–Crippen MR) is 145 cm³/mol. The Hall–Kier alpha value is -3.21. The predicted octanol–water partition coefficient (Wildman–Crippen LogP) is 1.66. The largest absolute Gasteiger partial charge is 0.481 e. The maximum Gasteiger partial charge on any atom is 0.307 e. The van der Waals surface area contributed by atoms with E-state index in [0.29, 0.717) is 12.3 Å². The molecule has 38 heavy (non-hydrogen) atoms. The second-order valence-electron chi connectivity index (χ2n) is 9.64. The average molecular weight is 542 g/mol. The van der Waals surface area contributed by atoms with Crippen LogP contribution in [0.4, 0.5) is 0 Å². The van der Waals surface area contributed by atoms with Crippen LogP contribution in [0.5, 0.6) is 0 Å². The quantitative estimate of drug-likeness (QED) is 0.273. The van der Waals surface area contributed by atoms with Gasteiger partial charge >= 0.3 is 5.97 Å². The molecule has 5 N–H and O–H groups in total. The molecule has 0 radical (unpaired) electrons. The van der Waals surface area contributed by atoms with Crippen molar-refractivity contribution >= 4 is 35.3 Å². The lowest BCUT2D eigenvalue weighted by Crippen LogP contribution is -2.54. The number of carbonyl (C=O) groups is 4. The van der Waals surface area contributed by atoms with Gasteiger partial charge in [0.25, 0.3) is 0 Å². The number of rotatable bonds is 12. The number of aliphatic hydroxyl groups is 1. The van der Waals surface area contributed by atoms with Crippen LogP contribution < -0.4 is 16.0 Å². The fourth-order valence-corrected chi connectivity index (χ4v) is 5.32. The van der Waals surface area contributed by atoms with Gasteiger partial charge in [-0.1, -0.05) is 68.4 Å². The molecule has 1 aliphatic heterocycles. The third kappa shape index (κ3) is 7.66. The van der Waals surface area contributed by atoms with E-state index in [9.17, 15) is 29.4 Å². The summed E-state index contributed by atoms with van der Waals surface area (Å²) in [5.74, 6) is -3.92. The lowest BCUT2D eigenvalue weighted by atomic mass is 9.93. The van der Waals surface area contributed by atoms with Crippen LogP contribution in [0.3, 0.4) is 0 Å². The van der Waals surface area contributed by atoms with Gasteiger partial charge in [0, 0.05) is 18.2 Å². The number of nitrogens with one attached hydrogen (secondary N) is 3. The third-order valence-electron chi connectivity index (χ3n) is 6.92. The summed E-state index contributed by atoms with van der Waals surface area (Å²) in [7, 11) is 0. The topological polar surface area (TPSA) is 145 Å². The van der Waals surface area contributed by atoms with Crippen molar-refractivity contribution in [3.05, 3.63) is 71.3 Å². The Labute approximate surface area is 226 Å². The van der Waals surface area contributed by atoms with E-state index in [1.54, 1.807) is 0 Å². The maximum atomic E-state index is 13.3. The lowest BCUT2D eigenvalue weighted by Gasteiger charge is -2.27. The smallest absolute Gasteiger partial charge is 0.307 e. The van der Waals surface area contributed by atoms with E-state index in [0.717, 1.165) is 16.7 Å².